The van der Waals surface area contributed by atoms with Gasteiger partial charge in [0.25, 0.3) is 5.91 Å². The third kappa shape index (κ3) is 3.96. The topological polar surface area (TPSA) is 71.5 Å². The summed E-state index contributed by atoms with van der Waals surface area (Å²) in [6.45, 7) is 3.04. The lowest BCUT2D eigenvalue weighted by atomic mass is 10.2. The zero-order chi connectivity index (χ0) is 18.5. The van der Waals surface area contributed by atoms with Gasteiger partial charge in [0.15, 0.2) is 5.75 Å². The number of anilines is 1. The second-order valence-corrected chi connectivity index (χ2v) is 6.42. The summed E-state index contributed by atoms with van der Waals surface area (Å²) in [6, 6.07) is 8.49. The Morgan fingerprint density at radius 3 is 3.00 bits per heavy atom. The minimum Gasteiger partial charge on any atom is -0.436 e. The molecule has 0 spiro atoms. The van der Waals surface area contributed by atoms with E-state index in [1.54, 1.807) is 41.4 Å². The summed E-state index contributed by atoms with van der Waals surface area (Å²) < 4.78 is 5.83. The third-order valence-electron chi connectivity index (χ3n) is 4.02. The Balaban J connectivity index is 1.84. The lowest BCUT2D eigenvalue weighted by Crippen LogP contribution is -2.32. The maximum absolute atomic E-state index is 13.0. The molecule has 1 N–H and O–H groups in total. The molecule has 2 heterocycles. The van der Waals surface area contributed by atoms with Crippen LogP contribution in [0, 0.1) is 0 Å². The van der Waals surface area contributed by atoms with Crippen LogP contribution in [0.25, 0.3) is 0 Å². The van der Waals surface area contributed by atoms with Gasteiger partial charge < -0.3 is 15.0 Å². The third-order valence-corrected chi connectivity index (χ3v) is 4.26. The number of fused-ring (bicyclic) bond motifs is 2. The quantitative estimate of drug-likeness (QED) is 0.836. The first-order valence-corrected chi connectivity index (χ1v) is 8.99. The van der Waals surface area contributed by atoms with Gasteiger partial charge in [-0.05, 0) is 43.2 Å². The van der Waals surface area contributed by atoms with Gasteiger partial charge in [-0.15, -0.1) is 0 Å². The van der Waals surface area contributed by atoms with E-state index in [4.69, 9.17) is 16.3 Å². The smallest absolute Gasteiger partial charge is 0.263 e. The minimum atomic E-state index is -0.219. The molecule has 1 aliphatic heterocycles. The first kappa shape index (κ1) is 18.2. The van der Waals surface area contributed by atoms with E-state index in [9.17, 15) is 9.59 Å². The van der Waals surface area contributed by atoms with Gasteiger partial charge in [-0.3, -0.25) is 9.59 Å². The van der Waals surface area contributed by atoms with Gasteiger partial charge in [0.05, 0.1) is 5.69 Å². The Hall–Kier alpha value is -2.60. The summed E-state index contributed by atoms with van der Waals surface area (Å²) in [7, 11) is 0. The van der Waals surface area contributed by atoms with Crippen molar-refractivity contribution in [1.29, 1.82) is 0 Å². The van der Waals surface area contributed by atoms with Crippen molar-refractivity contribution in [1.82, 2.24) is 10.3 Å². The molecule has 0 radical (unpaired) electrons. The molecule has 0 saturated heterocycles. The second kappa shape index (κ2) is 8.19. The second-order valence-electron chi connectivity index (χ2n) is 5.98. The summed E-state index contributed by atoms with van der Waals surface area (Å²) in [5.74, 6) is 0.543. The van der Waals surface area contributed by atoms with E-state index in [1.807, 2.05) is 6.92 Å². The first-order chi connectivity index (χ1) is 12.6. The van der Waals surface area contributed by atoms with Crippen molar-refractivity contribution in [3.05, 3.63) is 47.1 Å². The molecule has 6 nitrogen and oxygen atoms in total. The predicted molar refractivity (Wildman–Crippen MR) is 100.0 cm³/mol. The Morgan fingerprint density at radius 2 is 2.19 bits per heavy atom. The van der Waals surface area contributed by atoms with Crippen LogP contribution in [0.2, 0.25) is 5.02 Å². The average Bonchev–Trinajstić information content (AvgIpc) is 2.75. The van der Waals surface area contributed by atoms with E-state index >= 15 is 0 Å². The number of carbonyl (C=O) groups is 2. The number of carbonyl (C=O) groups excluding carboxylic acids is 2. The van der Waals surface area contributed by atoms with Crippen LogP contribution < -0.4 is 15.0 Å². The number of halogens is 1. The highest BCUT2D eigenvalue weighted by Gasteiger charge is 2.28. The lowest BCUT2D eigenvalue weighted by Gasteiger charge is -2.22. The zero-order valence-corrected chi connectivity index (χ0v) is 15.3. The summed E-state index contributed by atoms with van der Waals surface area (Å²) in [4.78, 5) is 30.6. The van der Waals surface area contributed by atoms with Crippen molar-refractivity contribution in [3.8, 4) is 11.6 Å². The maximum atomic E-state index is 13.0. The van der Waals surface area contributed by atoms with E-state index in [0.717, 1.165) is 6.42 Å². The molecule has 2 aromatic rings. The van der Waals surface area contributed by atoms with Crippen molar-refractivity contribution >= 4 is 29.1 Å². The summed E-state index contributed by atoms with van der Waals surface area (Å²) in [5.41, 5.74) is 0.963. The van der Waals surface area contributed by atoms with E-state index in [1.165, 1.54) is 0 Å². The van der Waals surface area contributed by atoms with Gasteiger partial charge in [0.1, 0.15) is 5.56 Å². The summed E-state index contributed by atoms with van der Waals surface area (Å²) in [6.07, 6.45) is 3.35. The number of hydrogen-bond donors (Lipinski definition) is 1. The number of rotatable bonds is 6. The van der Waals surface area contributed by atoms with Gasteiger partial charge in [-0.2, -0.15) is 0 Å². The Morgan fingerprint density at radius 1 is 1.35 bits per heavy atom. The van der Waals surface area contributed by atoms with Crippen LogP contribution in [0.5, 0.6) is 11.6 Å². The van der Waals surface area contributed by atoms with Crippen LogP contribution in [0.4, 0.5) is 5.69 Å². The summed E-state index contributed by atoms with van der Waals surface area (Å²) >= 11 is 6.12. The number of aromatic nitrogens is 1. The molecule has 0 saturated carbocycles. The van der Waals surface area contributed by atoms with Gasteiger partial charge >= 0.3 is 0 Å². The number of benzene rings is 1. The number of nitrogens with one attached hydrogen (secondary N) is 1. The highest BCUT2D eigenvalue weighted by atomic mass is 35.5. The fourth-order valence-corrected chi connectivity index (χ4v) is 2.92. The molecule has 0 atom stereocenters. The maximum Gasteiger partial charge on any atom is 0.263 e. The van der Waals surface area contributed by atoms with Crippen LogP contribution in [-0.4, -0.2) is 29.9 Å². The molecule has 3 rings (SSSR count). The van der Waals surface area contributed by atoms with Crippen molar-refractivity contribution in [2.24, 2.45) is 0 Å². The van der Waals surface area contributed by atoms with E-state index in [0.29, 0.717) is 48.0 Å². The van der Waals surface area contributed by atoms with E-state index in [2.05, 4.69) is 10.3 Å². The van der Waals surface area contributed by atoms with Gasteiger partial charge in [0.2, 0.25) is 11.8 Å². The monoisotopic (exact) mass is 373 g/mol. The minimum absolute atomic E-state index is 0.0150. The molecule has 26 heavy (non-hydrogen) atoms. The molecule has 1 aliphatic rings. The molecule has 7 heteroatoms. The van der Waals surface area contributed by atoms with Crippen LogP contribution in [0.1, 0.15) is 36.5 Å². The van der Waals surface area contributed by atoms with Crippen LogP contribution in [-0.2, 0) is 4.79 Å². The van der Waals surface area contributed by atoms with Gasteiger partial charge in [-0.25, -0.2) is 4.98 Å². The Labute approximate surface area is 157 Å². The normalized spacial score (nSPS) is 12.7. The van der Waals surface area contributed by atoms with Gasteiger partial charge in [-0.1, -0.05) is 18.5 Å². The molecule has 0 fully saturated rings. The van der Waals surface area contributed by atoms with Crippen molar-refractivity contribution in [2.75, 3.05) is 18.0 Å². The van der Waals surface area contributed by atoms with Crippen LogP contribution in [0.15, 0.2) is 36.5 Å². The number of pyridine rings is 1. The van der Waals surface area contributed by atoms with E-state index < -0.39 is 0 Å². The molecule has 2 amide bonds. The number of ether oxygens (including phenoxy) is 1. The fourth-order valence-electron chi connectivity index (χ4n) is 2.75. The highest BCUT2D eigenvalue weighted by molar-refractivity contribution is 6.31. The van der Waals surface area contributed by atoms with Gasteiger partial charge in [0, 0.05) is 30.7 Å². The molecule has 0 bridgehead atoms. The van der Waals surface area contributed by atoms with Crippen molar-refractivity contribution in [3.63, 3.8) is 0 Å². The molecule has 1 aromatic heterocycles. The number of amides is 2. The number of hydrogen-bond acceptors (Lipinski definition) is 4. The molecule has 136 valence electrons. The molecule has 1 aromatic carbocycles. The molecular weight excluding hydrogens is 354 g/mol. The standard InChI is InChI=1S/C19H20ClN3O3/c1-2-9-21-17(24)6-4-11-23-15-12-13(20)7-8-16(15)26-18-14(19(23)25)5-3-10-22-18/h3,5,7-8,10,12H,2,4,6,9,11H2,1H3,(H,21,24). The Bertz CT molecular complexity index is 825. The molecule has 0 aliphatic carbocycles. The average molecular weight is 374 g/mol. The SMILES string of the molecule is CCCNC(=O)CCCN1C(=O)c2cccnc2Oc2ccc(Cl)cc21. The zero-order valence-electron chi connectivity index (χ0n) is 14.5. The van der Waals surface area contributed by atoms with E-state index in [-0.39, 0.29) is 17.7 Å². The molecular formula is C19H20ClN3O3. The lowest BCUT2D eigenvalue weighted by molar-refractivity contribution is -0.121. The Kier molecular flexibility index (Phi) is 5.73. The fraction of sp³-hybridized carbons (Fsp3) is 0.316. The molecule has 0 unspecified atom stereocenters. The van der Waals surface area contributed by atoms with Crippen molar-refractivity contribution in [2.45, 2.75) is 26.2 Å². The number of nitrogens with zero attached hydrogens (tertiary/aromatic N) is 2. The largest absolute Gasteiger partial charge is 0.436 e. The van der Waals surface area contributed by atoms with Crippen LogP contribution in [0.3, 0.4) is 0 Å². The van der Waals surface area contributed by atoms with Crippen molar-refractivity contribution < 1.29 is 14.3 Å². The summed E-state index contributed by atoms with van der Waals surface area (Å²) in [5, 5.41) is 3.34. The van der Waals surface area contributed by atoms with Crippen LogP contribution >= 0.6 is 11.6 Å². The predicted octanol–water partition coefficient (Wildman–Crippen LogP) is 3.79. The highest BCUT2D eigenvalue weighted by Crippen LogP contribution is 2.39. The first-order valence-electron chi connectivity index (χ1n) is 8.61.